The predicted octanol–water partition coefficient (Wildman–Crippen LogP) is 7.18. The first kappa shape index (κ1) is 38.1. The summed E-state index contributed by atoms with van der Waals surface area (Å²) in [4.78, 5) is 2.09. The number of nitrogens with zero attached hydrogens (tertiary/aromatic N) is 1. The van der Waals surface area contributed by atoms with Crippen LogP contribution in [-0.4, -0.2) is 33.6 Å². The van der Waals surface area contributed by atoms with Gasteiger partial charge in [0, 0.05) is 45.3 Å². The third kappa shape index (κ3) is 14.5. The molecule has 0 saturated carbocycles. The summed E-state index contributed by atoms with van der Waals surface area (Å²) < 4.78 is 0. The van der Waals surface area contributed by atoms with Gasteiger partial charge in [-0.25, -0.2) is 6.08 Å². The van der Waals surface area contributed by atoms with Crippen molar-refractivity contribution < 1.29 is 26.8 Å². The Morgan fingerprint density at radius 1 is 0.903 bits per heavy atom. The van der Waals surface area contributed by atoms with Gasteiger partial charge in [0.1, 0.15) is 5.75 Å². The van der Waals surface area contributed by atoms with Crippen LogP contribution >= 0.6 is 24.8 Å². The summed E-state index contributed by atoms with van der Waals surface area (Å²) in [5.74, 6) is 0.879. The molecule has 0 heterocycles. The maximum absolute atomic E-state index is 9.72. The van der Waals surface area contributed by atoms with Crippen molar-refractivity contribution in [1.29, 1.82) is 0 Å². The Labute approximate surface area is 222 Å². The molecule has 1 aromatic carbocycles. The minimum absolute atomic E-state index is 0. The van der Waals surface area contributed by atoms with Gasteiger partial charge >= 0.3 is 0 Å². The minimum atomic E-state index is 0. The molecule has 6 heteroatoms. The van der Waals surface area contributed by atoms with Gasteiger partial charge in [-0.3, -0.25) is 0 Å². The number of hydrogen-bond acceptors (Lipinski definition) is 2. The summed E-state index contributed by atoms with van der Waals surface area (Å²) in [6.45, 7) is 21.7. The van der Waals surface area contributed by atoms with Crippen LogP contribution in [0.15, 0.2) is 35.5 Å². The molecule has 0 aromatic heterocycles. The zero-order valence-corrected chi connectivity index (χ0v) is 26.0. The average Bonchev–Trinajstić information content (AvgIpc) is 2.86. The van der Waals surface area contributed by atoms with E-state index >= 15 is 0 Å². The molecule has 179 valence electrons. The van der Waals surface area contributed by atoms with Crippen LogP contribution < -0.4 is 0 Å². The number of halogens is 2. The maximum atomic E-state index is 9.72. The topological polar surface area (TPSA) is 23.5 Å². The molecule has 2 rings (SSSR count). The van der Waals surface area contributed by atoms with E-state index in [1.807, 2.05) is 26.2 Å². The van der Waals surface area contributed by atoms with Crippen molar-refractivity contribution in [2.45, 2.75) is 79.3 Å². The smallest absolute Gasteiger partial charge is 0.116 e. The van der Waals surface area contributed by atoms with E-state index in [0.717, 1.165) is 9.52 Å². The molecule has 0 spiro atoms. The van der Waals surface area contributed by atoms with Gasteiger partial charge in [-0.05, 0) is 34.1 Å². The van der Waals surface area contributed by atoms with Crippen LogP contribution in [0.2, 0.25) is 13.1 Å². The van der Waals surface area contributed by atoms with Crippen molar-refractivity contribution in [1.82, 2.24) is 4.90 Å². The molecule has 0 aliphatic heterocycles. The van der Waals surface area contributed by atoms with E-state index in [1.54, 1.807) is 0 Å². The average molecular weight is 523 g/mol. The number of allylic oxidation sites excluding steroid dienone is 3. The normalized spacial score (nSPS) is 14.6. The van der Waals surface area contributed by atoms with E-state index in [9.17, 15) is 5.11 Å². The largest absolute Gasteiger partial charge is 0.508 e. The van der Waals surface area contributed by atoms with Crippen LogP contribution in [-0.2, 0) is 32.5 Å². The van der Waals surface area contributed by atoms with Crippen LogP contribution in [0.25, 0.3) is 0 Å². The van der Waals surface area contributed by atoms with Gasteiger partial charge in [-0.2, -0.15) is 11.6 Å². The summed E-state index contributed by atoms with van der Waals surface area (Å²) >= 11 is 0. The van der Waals surface area contributed by atoms with Crippen LogP contribution in [0.1, 0.15) is 66.5 Å². The molecule has 31 heavy (non-hydrogen) atoms. The minimum Gasteiger partial charge on any atom is -0.508 e. The summed E-state index contributed by atoms with van der Waals surface area (Å²) in [6.07, 6.45) is 5.54. The molecule has 1 N–H and O–H groups in total. The quantitative estimate of drug-likeness (QED) is 0.312. The predicted molar refractivity (Wildman–Crippen MR) is 142 cm³/mol. The third-order valence-corrected chi connectivity index (χ3v) is 4.54. The molecule has 1 aliphatic carbocycles. The second kappa shape index (κ2) is 16.4. The second-order valence-electron chi connectivity index (χ2n) is 9.88. The first-order chi connectivity index (χ1) is 12.6. The Balaban J connectivity index is -0.000000200. The van der Waals surface area contributed by atoms with E-state index in [0.29, 0.717) is 11.7 Å². The number of phenolic OH excluding ortho intramolecular Hbond substituents is 1. The molecule has 1 aliphatic rings. The standard InChI is InChI=1S/C14H22O.C9H14N.C2H7Si.2ClH.Ti/c1-13(2,3)10-7-11(14(4,5)6)9-12(15)8-10;1-7-5-9(10(3)4)6-8(7)2;1-3-2;;;/h7-9,15H,1-6H3;5,8H,1-4H3;3H,1-2H3;2*1H;/q;-1;;;;. The second-order valence-corrected chi connectivity index (χ2v) is 11.0. The van der Waals surface area contributed by atoms with E-state index in [4.69, 9.17) is 0 Å². The van der Waals surface area contributed by atoms with Crippen LogP contribution in [0, 0.1) is 12.0 Å². The molecule has 0 amide bonds. The Hall–Kier alpha value is -0.189. The fourth-order valence-electron chi connectivity index (χ4n) is 2.45. The number of likely N-dealkylation sites (N-methyl/N-ethyl adjacent to an activating group) is 1. The molecule has 1 atom stereocenters. The van der Waals surface area contributed by atoms with Crippen molar-refractivity contribution in [3.63, 3.8) is 0 Å². The summed E-state index contributed by atoms with van der Waals surface area (Å²) in [7, 11) is 4.84. The molecular weight excluding hydrogens is 477 g/mol. The van der Waals surface area contributed by atoms with E-state index < -0.39 is 0 Å². The van der Waals surface area contributed by atoms with Crippen molar-refractivity contribution in [3.8, 4) is 5.75 Å². The Kier molecular flexibility index (Phi) is 20.2. The van der Waals surface area contributed by atoms with Gasteiger partial charge < -0.3 is 10.0 Å². The fraction of sp³-hybridized carbons (Fsp3) is 0.600. The Bertz CT molecular complexity index is 657. The van der Waals surface area contributed by atoms with E-state index in [1.165, 1.54) is 22.4 Å². The van der Waals surface area contributed by atoms with Crippen molar-refractivity contribution >= 4 is 34.3 Å². The SMILES string of the molecule is CC(C)(C)c1cc(O)cc(C(C)(C)C)c1.CC1=CC(N(C)C)=[C-]C1C.C[SiH]C.Cl.Cl.[Ti]. The molecule has 1 aromatic rings. The summed E-state index contributed by atoms with van der Waals surface area (Å²) in [5.41, 5.74) is 5.16. The molecule has 0 bridgehead atoms. The molecule has 2 nitrogen and oxygen atoms in total. The summed E-state index contributed by atoms with van der Waals surface area (Å²) in [5, 5.41) is 9.72. The van der Waals surface area contributed by atoms with Crippen LogP contribution in [0.5, 0.6) is 5.75 Å². The van der Waals surface area contributed by atoms with Gasteiger partial charge in [-0.15, -0.1) is 30.5 Å². The monoisotopic (exact) mass is 521 g/mol. The summed E-state index contributed by atoms with van der Waals surface area (Å²) in [6, 6.07) is 5.91. The molecular formula is C25H45Cl2NOSiTi-. The van der Waals surface area contributed by atoms with Gasteiger partial charge in [-0.1, -0.05) is 80.5 Å². The first-order valence-electron chi connectivity index (χ1n) is 10.2. The zero-order valence-electron chi connectivity index (χ0n) is 21.7. The maximum Gasteiger partial charge on any atom is 0.116 e. The van der Waals surface area contributed by atoms with Crippen LogP contribution in [0.3, 0.4) is 0 Å². The first-order valence-corrected chi connectivity index (χ1v) is 12.5. The molecule has 0 saturated heterocycles. The number of aromatic hydroxyl groups is 1. The zero-order chi connectivity index (χ0) is 22.3. The van der Waals surface area contributed by atoms with E-state index in [-0.39, 0.29) is 57.4 Å². The van der Waals surface area contributed by atoms with Crippen molar-refractivity contribution in [2.24, 2.45) is 5.92 Å². The van der Waals surface area contributed by atoms with Gasteiger partial charge in [0.15, 0.2) is 0 Å². The molecule has 1 radical (unpaired) electrons. The van der Waals surface area contributed by atoms with E-state index in [2.05, 4.69) is 91.6 Å². The number of hydrogen-bond donors (Lipinski definition) is 1. The van der Waals surface area contributed by atoms with Crippen molar-refractivity contribution in [3.05, 3.63) is 52.7 Å². The molecule has 0 fully saturated rings. The number of phenols is 1. The van der Waals surface area contributed by atoms with Gasteiger partial charge in [0.2, 0.25) is 0 Å². The van der Waals surface area contributed by atoms with Gasteiger partial charge in [0.05, 0.1) is 0 Å². The fourth-order valence-corrected chi connectivity index (χ4v) is 2.45. The third-order valence-electron chi connectivity index (χ3n) is 4.54. The number of benzene rings is 1. The Morgan fingerprint density at radius 3 is 1.45 bits per heavy atom. The van der Waals surface area contributed by atoms with Crippen molar-refractivity contribution in [2.75, 3.05) is 14.1 Å². The van der Waals surface area contributed by atoms with Crippen LogP contribution in [0.4, 0.5) is 0 Å². The van der Waals surface area contributed by atoms with Gasteiger partial charge in [0.25, 0.3) is 0 Å². The number of rotatable bonds is 1. The molecule has 1 unspecified atom stereocenters. The Morgan fingerprint density at radius 2 is 1.26 bits per heavy atom.